The largest absolute Gasteiger partial charge is 0.412 e. The molecule has 1 aliphatic heterocycles. The number of nitrogens with zero attached hydrogens (tertiary/aromatic N) is 3. The van der Waals surface area contributed by atoms with E-state index in [1.54, 1.807) is 40.5 Å². The number of ketones is 1. The van der Waals surface area contributed by atoms with Crippen LogP contribution in [0.3, 0.4) is 0 Å². The Bertz CT molecular complexity index is 1660. The summed E-state index contributed by atoms with van der Waals surface area (Å²) in [7, 11) is 0. The summed E-state index contributed by atoms with van der Waals surface area (Å²) in [5.41, 5.74) is 3.55. The smallest absolute Gasteiger partial charge is 0.410 e. The van der Waals surface area contributed by atoms with Crippen molar-refractivity contribution in [1.29, 1.82) is 0 Å². The first kappa shape index (κ1) is 29.2. The van der Waals surface area contributed by atoms with Gasteiger partial charge in [-0.2, -0.15) is 0 Å². The van der Waals surface area contributed by atoms with Crippen molar-refractivity contribution in [2.75, 3.05) is 6.54 Å². The van der Waals surface area contributed by atoms with Gasteiger partial charge in [-0.1, -0.05) is 23.7 Å². The van der Waals surface area contributed by atoms with Crippen LogP contribution in [-0.4, -0.2) is 50.7 Å². The molecular formula is C29H27ClFN5O5S. The first-order chi connectivity index (χ1) is 20.2. The van der Waals surface area contributed by atoms with E-state index in [9.17, 15) is 23.6 Å². The predicted molar refractivity (Wildman–Crippen MR) is 155 cm³/mol. The normalized spacial score (nSPS) is 14.6. The minimum Gasteiger partial charge on any atom is -0.410 e. The van der Waals surface area contributed by atoms with Crippen LogP contribution in [0, 0.1) is 5.82 Å². The van der Waals surface area contributed by atoms with Gasteiger partial charge >= 0.3 is 6.09 Å². The number of nitrogens with one attached hydrogen (secondary N) is 2. The quantitative estimate of drug-likeness (QED) is 0.265. The Kier molecular flexibility index (Phi) is 8.83. The fourth-order valence-electron chi connectivity index (χ4n) is 4.94. The maximum atomic E-state index is 14.3. The zero-order valence-corrected chi connectivity index (χ0v) is 24.1. The SMILES string of the molecule is CC(=O)c1cn(CC(=O)N2CCC[C@H]2C(=O)NCc2cccc(Cl)c2F)c2cc(OC(=O)NCc3cscn3)ccc12. The molecule has 0 spiro atoms. The molecule has 0 radical (unpaired) electrons. The Morgan fingerprint density at radius 1 is 1.17 bits per heavy atom. The summed E-state index contributed by atoms with van der Waals surface area (Å²) in [5.74, 6) is -1.26. The molecule has 0 aliphatic carbocycles. The molecule has 4 aromatic rings. The van der Waals surface area contributed by atoms with Crippen molar-refractivity contribution in [2.24, 2.45) is 0 Å². The van der Waals surface area contributed by atoms with Gasteiger partial charge in [0.15, 0.2) is 5.78 Å². The molecule has 0 unspecified atom stereocenters. The van der Waals surface area contributed by atoms with Crippen LogP contribution in [0.2, 0.25) is 5.02 Å². The van der Waals surface area contributed by atoms with E-state index in [4.69, 9.17) is 16.3 Å². The molecule has 10 nitrogen and oxygen atoms in total. The molecule has 1 atom stereocenters. The van der Waals surface area contributed by atoms with Crippen molar-refractivity contribution in [3.63, 3.8) is 0 Å². The number of hydrogen-bond donors (Lipinski definition) is 2. The molecular weight excluding hydrogens is 585 g/mol. The number of amides is 3. The molecule has 1 fully saturated rings. The Balaban J connectivity index is 1.29. The predicted octanol–water partition coefficient (Wildman–Crippen LogP) is 4.69. The zero-order chi connectivity index (χ0) is 29.8. The summed E-state index contributed by atoms with van der Waals surface area (Å²) in [6.07, 6.45) is 2.01. The van der Waals surface area contributed by atoms with Gasteiger partial charge in [0.25, 0.3) is 0 Å². The van der Waals surface area contributed by atoms with Crippen LogP contribution in [-0.2, 0) is 29.2 Å². The number of carbonyl (C=O) groups is 4. The summed E-state index contributed by atoms with van der Waals surface area (Å²) in [6, 6.07) is 8.67. The lowest BCUT2D eigenvalue weighted by Gasteiger charge is -2.24. The Morgan fingerprint density at radius 2 is 2.00 bits per heavy atom. The zero-order valence-electron chi connectivity index (χ0n) is 22.6. The van der Waals surface area contributed by atoms with Gasteiger partial charge in [-0.05, 0) is 38.0 Å². The second-order valence-electron chi connectivity index (χ2n) is 9.80. The first-order valence-electron chi connectivity index (χ1n) is 13.2. The second-order valence-corrected chi connectivity index (χ2v) is 10.9. The standard InChI is InChI=1S/C29H27ClFN5O5S/c1-17(37)22-13-35(25-10-20(7-8-21(22)25)41-29(40)33-12-19-15-42-16-34-19)14-26(38)36-9-3-6-24(36)28(39)32-11-18-4-2-5-23(30)27(18)31/h2,4-5,7-8,10,13,15-16,24H,3,6,9,11-12,14H2,1H3,(H,32,39)(H,33,40)/t24-/m0/s1. The molecule has 1 saturated heterocycles. The Hall–Kier alpha value is -4.29. The third-order valence-electron chi connectivity index (χ3n) is 7.01. The molecule has 2 aromatic heterocycles. The minimum atomic E-state index is -0.714. The number of halogens is 2. The van der Waals surface area contributed by atoms with E-state index >= 15 is 0 Å². The van der Waals surface area contributed by atoms with E-state index in [1.165, 1.54) is 35.3 Å². The highest BCUT2D eigenvalue weighted by molar-refractivity contribution is 7.07. The van der Waals surface area contributed by atoms with Gasteiger partial charge in [-0.15, -0.1) is 11.3 Å². The van der Waals surface area contributed by atoms with E-state index in [0.29, 0.717) is 41.5 Å². The lowest BCUT2D eigenvalue weighted by Crippen LogP contribution is -2.46. The molecule has 0 bridgehead atoms. The maximum Gasteiger partial charge on any atom is 0.412 e. The third-order valence-corrected chi connectivity index (χ3v) is 7.93. The number of hydrogen-bond acceptors (Lipinski definition) is 7. The summed E-state index contributed by atoms with van der Waals surface area (Å²) in [4.78, 5) is 56.7. The number of rotatable bonds is 9. The van der Waals surface area contributed by atoms with Crippen LogP contribution in [0.5, 0.6) is 5.75 Å². The van der Waals surface area contributed by atoms with E-state index in [-0.39, 0.29) is 53.6 Å². The van der Waals surface area contributed by atoms with Crippen molar-refractivity contribution in [2.45, 2.75) is 45.4 Å². The van der Waals surface area contributed by atoms with Crippen LogP contribution in [0.15, 0.2) is 53.5 Å². The molecule has 13 heteroatoms. The van der Waals surface area contributed by atoms with Crippen LogP contribution in [0.4, 0.5) is 9.18 Å². The molecule has 3 heterocycles. The number of ether oxygens (including phenoxy) is 1. The maximum absolute atomic E-state index is 14.3. The lowest BCUT2D eigenvalue weighted by molar-refractivity contribution is -0.138. The van der Waals surface area contributed by atoms with Crippen LogP contribution < -0.4 is 15.4 Å². The number of thiazole rings is 1. The fraction of sp³-hybridized carbons (Fsp3) is 0.276. The monoisotopic (exact) mass is 611 g/mol. The summed E-state index contributed by atoms with van der Waals surface area (Å²) >= 11 is 7.25. The van der Waals surface area contributed by atoms with Crippen LogP contribution in [0.25, 0.3) is 10.9 Å². The van der Waals surface area contributed by atoms with Gasteiger partial charge < -0.3 is 24.8 Å². The summed E-state index contributed by atoms with van der Waals surface area (Å²) in [5, 5.41) is 7.72. The Morgan fingerprint density at radius 3 is 2.76 bits per heavy atom. The van der Waals surface area contributed by atoms with Gasteiger partial charge in [-0.25, -0.2) is 14.2 Å². The number of carbonyl (C=O) groups excluding carboxylic acids is 4. The summed E-state index contributed by atoms with van der Waals surface area (Å²) in [6.45, 7) is 1.82. The highest BCUT2D eigenvalue weighted by Crippen LogP contribution is 2.28. The van der Waals surface area contributed by atoms with Gasteiger partial charge in [0.2, 0.25) is 11.8 Å². The number of aromatic nitrogens is 2. The minimum absolute atomic E-state index is 0.0341. The van der Waals surface area contributed by atoms with E-state index in [0.717, 1.165) is 0 Å². The van der Waals surface area contributed by atoms with Gasteiger partial charge in [0, 0.05) is 47.2 Å². The van der Waals surface area contributed by atoms with Crippen molar-refractivity contribution >= 4 is 57.5 Å². The number of benzene rings is 2. The van der Waals surface area contributed by atoms with Crippen molar-refractivity contribution < 1.29 is 28.3 Å². The molecule has 3 amide bonds. The third kappa shape index (κ3) is 6.44. The number of Topliss-reactive ketones (excluding diaryl/α,β-unsaturated/α-hetero) is 1. The van der Waals surface area contributed by atoms with Gasteiger partial charge in [-0.3, -0.25) is 14.4 Å². The van der Waals surface area contributed by atoms with Crippen molar-refractivity contribution in [3.8, 4) is 5.75 Å². The van der Waals surface area contributed by atoms with Crippen LogP contribution >= 0.6 is 22.9 Å². The van der Waals surface area contributed by atoms with E-state index in [1.807, 2.05) is 5.38 Å². The molecule has 0 saturated carbocycles. The lowest BCUT2D eigenvalue weighted by atomic mass is 10.1. The second kappa shape index (κ2) is 12.7. The highest BCUT2D eigenvalue weighted by atomic mass is 35.5. The van der Waals surface area contributed by atoms with Crippen molar-refractivity contribution in [3.05, 3.63) is 81.1 Å². The van der Waals surface area contributed by atoms with Crippen molar-refractivity contribution in [1.82, 2.24) is 25.1 Å². The number of fused-ring (bicyclic) bond motifs is 1. The first-order valence-corrected chi connectivity index (χ1v) is 14.5. The van der Waals surface area contributed by atoms with Crippen LogP contribution in [0.1, 0.15) is 41.4 Å². The Labute approximate surface area is 249 Å². The van der Waals surface area contributed by atoms with E-state index < -0.39 is 18.0 Å². The molecule has 5 rings (SSSR count). The molecule has 1 aliphatic rings. The number of likely N-dealkylation sites (tertiary alicyclic amines) is 1. The van der Waals surface area contributed by atoms with Gasteiger partial charge in [0.05, 0.1) is 28.3 Å². The average Bonchev–Trinajstić information content (AvgIpc) is 3.73. The summed E-state index contributed by atoms with van der Waals surface area (Å²) < 4.78 is 21.3. The fourth-order valence-corrected chi connectivity index (χ4v) is 5.69. The van der Waals surface area contributed by atoms with Gasteiger partial charge in [0.1, 0.15) is 24.2 Å². The molecule has 42 heavy (non-hydrogen) atoms. The molecule has 2 N–H and O–H groups in total. The average molecular weight is 612 g/mol. The van der Waals surface area contributed by atoms with E-state index in [2.05, 4.69) is 15.6 Å². The highest BCUT2D eigenvalue weighted by Gasteiger charge is 2.34. The topological polar surface area (TPSA) is 123 Å². The molecule has 218 valence electrons. The molecule has 2 aromatic carbocycles.